The van der Waals surface area contributed by atoms with Crippen molar-refractivity contribution < 1.29 is 19.4 Å². The van der Waals surface area contributed by atoms with Crippen LogP contribution in [-0.4, -0.2) is 48.8 Å². The van der Waals surface area contributed by atoms with Gasteiger partial charge in [-0.3, -0.25) is 9.59 Å². The van der Waals surface area contributed by atoms with Gasteiger partial charge in [-0.1, -0.05) is 0 Å². The molecule has 1 heterocycles. The molecule has 0 spiro atoms. The first-order valence-electron chi connectivity index (χ1n) is 6.39. The predicted octanol–water partition coefficient (Wildman–Crippen LogP) is 0.126. The number of piperidine rings is 1. The number of hydrogen-bond acceptors (Lipinski definition) is 4. The van der Waals surface area contributed by atoms with Crippen molar-refractivity contribution in [1.82, 2.24) is 10.6 Å². The van der Waals surface area contributed by atoms with Crippen molar-refractivity contribution in [3.63, 3.8) is 0 Å². The second-order valence-electron chi connectivity index (χ2n) is 4.60. The van der Waals surface area contributed by atoms with E-state index in [0.717, 1.165) is 13.1 Å². The Bertz CT molecular complexity index is 288. The molecule has 6 nitrogen and oxygen atoms in total. The monoisotopic (exact) mass is 258 g/mol. The van der Waals surface area contributed by atoms with Crippen LogP contribution >= 0.6 is 0 Å². The number of carboxylic acids is 1. The molecular formula is C12H22N2O4. The molecule has 1 rings (SSSR count). The zero-order valence-electron chi connectivity index (χ0n) is 10.8. The van der Waals surface area contributed by atoms with Gasteiger partial charge < -0.3 is 20.5 Å². The lowest BCUT2D eigenvalue weighted by molar-refractivity contribution is -0.139. The van der Waals surface area contributed by atoms with Gasteiger partial charge in [-0.25, -0.2) is 0 Å². The molecule has 6 heteroatoms. The van der Waals surface area contributed by atoms with Gasteiger partial charge in [-0.2, -0.15) is 0 Å². The minimum absolute atomic E-state index is 0.0188. The highest BCUT2D eigenvalue weighted by molar-refractivity contribution is 5.78. The van der Waals surface area contributed by atoms with E-state index in [0.29, 0.717) is 26.1 Å². The van der Waals surface area contributed by atoms with Gasteiger partial charge in [0.1, 0.15) is 0 Å². The lowest BCUT2D eigenvalue weighted by atomic mass is 9.85. The highest BCUT2D eigenvalue weighted by Gasteiger charge is 2.35. The average Bonchev–Trinajstić information content (AvgIpc) is 2.29. The summed E-state index contributed by atoms with van der Waals surface area (Å²) < 4.78 is 5.12. The molecule has 0 atom stereocenters. The fraction of sp³-hybridized carbons (Fsp3) is 0.833. The van der Waals surface area contributed by atoms with Crippen molar-refractivity contribution in [1.29, 1.82) is 0 Å². The van der Waals surface area contributed by atoms with Crippen LogP contribution in [0, 0.1) is 0 Å². The van der Waals surface area contributed by atoms with Gasteiger partial charge in [-0.05, 0) is 32.9 Å². The number of amides is 1. The van der Waals surface area contributed by atoms with Crippen molar-refractivity contribution in [2.75, 3.05) is 26.3 Å². The number of hydrogen-bond donors (Lipinski definition) is 3. The second kappa shape index (κ2) is 7.33. The van der Waals surface area contributed by atoms with Crippen LogP contribution < -0.4 is 10.6 Å². The molecule has 1 fully saturated rings. The third-order valence-electron chi connectivity index (χ3n) is 3.13. The Morgan fingerprint density at radius 2 is 2.06 bits per heavy atom. The van der Waals surface area contributed by atoms with Gasteiger partial charge in [0.25, 0.3) is 0 Å². The number of carbonyl (C=O) groups is 2. The summed E-state index contributed by atoms with van der Waals surface area (Å²) in [6.07, 6.45) is 1.57. The van der Waals surface area contributed by atoms with Crippen LogP contribution in [0.3, 0.4) is 0 Å². The van der Waals surface area contributed by atoms with Crippen molar-refractivity contribution in [3.8, 4) is 0 Å². The normalized spacial score (nSPS) is 18.3. The summed E-state index contributed by atoms with van der Waals surface area (Å²) in [5.41, 5.74) is -0.597. The quantitative estimate of drug-likeness (QED) is 0.565. The largest absolute Gasteiger partial charge is 0.481 e. The third kappa shape index (κ3) is 5.01. The number of rotatable bonds is 7. The molecule has 0 aromatic carbocycles. The van der Waals surface area contributed by atoms with Crippen LogP contribution in [0.2, 0.25) is 0 Å². The van der Waals surface area contributed by atoms with E-state index in [9.17, 15) is 9.59 Å². The zero-order chi connectivity index (χ0) is 13.4. The topological polar surface area (TPSA) is 87.7 Å². The summed E-state index contributed by atoms with van der Waals surface area (Å²) in [5.74, 6) is -1.01. The highest BCUT2D eigenvalue weighted by atomic mass is 16.5. The van der Waals surface area contributed by atoms with E-state index in [1.54, 1.807) is 0 Å². The Morgan fingerprint density at radius 1 is 1.39 bits per heavy atom. The van der Waals surface area contributed by atoms with Crippen molar-refractivity contribution >= 4 is 11.9 Å². The molecule has 1 aliphatic rings. The molecule has 0 aromatic heterocycles. The van der Waals surface area contributed by atoms with Gasteiger partial charge >= 0.3 is 5.97 Å². The van der Waals surface area contributed by atoms with Crippen LogP contribution in [0.15, 0.2) is 0 Å². The van der Waals surface area contributed by atoms with Gasteiger partial charge in [0.2, 0.25) is 5.91 Å². The van der Waals surface area contributed by atoms with Crippen LogP contribution in [0.25, 0.3) is 0 Å². The summed E-state index contributed by atoms with van der Waals surface area (Å²) in [5, 5.41) is 15.0. The number of nitrogens with one attached hydrogen (secondary N) is 2. The first-order valence-corrected chi connectivity index (χ1v) is 6.39. The maximum atomic E-state index is 11.8. The molecule has 0 radical (unpaired) electrons. The molecule has 1 aliphatic heterocycles. The molecule has 1 saturated heterocycles. The molecule has 104 valence electrons. The van der Waals surface area contributed by atoms with E-state index in [1.165, 1.54) is 0 Å². The van der Waals surface area contributed by atoms with Crippen molar-refractivity contribution in [2.45, 2.75) is 38.1 Å². The molecule has 0 aliphatic carbocycles. The second-order valence-corrected chi connectivity index (χ2v) is 4.60. The van der Waals surface area contributed by atoms with E-state index >= 15 is 0 Å². The maximum absolute atomic E-state index is 11.8. The maximum Gasteiger partial charge on any atom is 0.305 e. The molecular weight excluding hydrogens is 236 g/mol. The standard InChI is InChI=1S/C12H22N2O4/c1-2-18-8-3-10(15)14-12(9-11(16)17)4-6-13-7-5-12/h13H,2-9H2,1H3,(H,14,15)(H,16,17). The van der Waals surface area contributed by atoms with Crippen molar-refractivity contribution in [2.24, 2.45) is 0 Å². The number of carboxylic acid groups (broad SMARTS) is 1. The highest BCUT2D eigenvalue weighted by Crippen LogP contribution is 2.22. The Labute approximate surface area is 107 Å². The van der Waals surface area contributed by atoms with Gasteiger partial charge in [-0.15, -0.1) is 0 Å². The number of carbonyl (C=O) groups excluding carboxylic acids is 1. The summed E-state index contributed by atoms with van der Waals surface area (Å²) in [6.45, 7) is 4.30. The minimum atomic E-state index is -0.873. The lowest BCUT2D eigenvalue weighted by Gasteiger charge is -2.37. The molecule has 18 heavy (non-hydrogen) atoms. The van der Waals surface area contributed by atoms with Crippen LogP contribution in [-0.2, 0) is 14.3 Å². The van der Waals surface area contributed by atoms with E-state index in [1.807, 2.05) is 6.92 Å². The van der Waals surface area contributed by atoms with Crippen molar-refractivity contribution in [3.05, 3.63) is 0 Å². The van der Waals surface area contributed by atoms with E-state index in [-0.39, 0.29) is 18.7 Å². The fourth-order valence-corrected chi connectivity index (χ4v) is 2.21. The molecule has 0 unspecified atom stereocenters. The zero-order valence-corrected chi connectivity index (χ0v) is 10.8. The molecule has 0 saturated carbocycles. The Morgan fingerprint density at radius 3 is 2.61 bits per heavy atom. The van der Waals surface area contributed by atoms with Crippen LogP contribution in [0.1, 0.15) is 32.6 Å². The molecule has 0 aromatic rings. The van der Waals surface area contributed by atoms with E-state index < -0.39 is 11.5 Å². The summed E-state index contributed by atoms with van der Waals surface area (Å²) in [7, 11) is 0. The molecule has 0 bridgehead atoms. The third-order valence-corrected chi connectivity index (χ3v) is 3.13. The molecule has 1 amide bonds. The van der Waals surface area contributed by atoms with Gasteiger partial charge in [0.05, 0.1) is 18.6 Å². The summed E-state index contributed by atoms with van der Waals surface area (Å²) >= 11 is 0. The van der Waals surface area contributed by atoms with Crippen LogP contribution in [0.5, 0.6) is 0 Å². The van der Waals surface area contributed by atoms with Gasteiger partial charge in [0, 0.05) is 13.0 Å². The minimum Gasteiger partial charge on any atom is -0.481 e. The fourth-order valence-electron chi connectivity index (χ4n) is 2.21. The predicted molar refractivity (Wildman–Crippen MR) is 66.3 cm³/mol. The number of ether oxygens (including phenoxy) is 1. The van der Waals surface area contributed by atoms with Crippen LogP contribution in [0.4, 0.5) is 0 Å². The summed E-state index contributed by atoms with van der Waals surface area (Å²) in [6, 6.07) is 0. The SMILES string of the molecule is CCOCCC(=O)NC1(CC(=O)O)CCNCC1. The van der Waals surface area contributed by atoms with Gasteiger partial charge in [0.15, 0.2) is 0 Å². The number of aliphatic carboxylic acids is 1. The first-order chi connectivity index (χ1) is 8.58. The average molecular weight is 258 g/mol. The smallest absolute Gasteiger partial charge is 0.305 e. The Hall–Kier alpha value is -1.14. The summed E-state index contributed by atoms with van der Waals surface area (Å²) in [4.78, 5) is 22.7. The first kappa shape index (κ1) is 14.9. The van der Waals surface area contributed by atoms with E-state index in [2.05, 4.69) is 10.6 Å². The van der Waals surface area contributed by atoms with E-state index in [4.69, 9.17) is 9.84 Å². The Balaban J connectivity index is 2.49. The Kier molecular flexibility index (Phi) is 6.07. The lowest BCUT2D eigenvalue weighted by Crippen LogP contribution is -2.55. The molecule has 3 N–H and O–H groups in total.